The van der Waals surface area contributed by atoms with Crippen molar-refractivity contribution in [3.8, 4) is 16.9 Å². The Balaban J connectivity index is 1.25. The van der Waals surface area contributed by atoms with Crippen LogP contribution in [0, 0.1) is 17.8 Å². The summed E-state index contributed by atoms with van der Waals surface area (Å²) in [6, 6.07) is 32.9. The van der Waals surface area contributed by atoms with Gasteiger partial charge in [-0.25, -0.2) is 9.59 Å². The van der Waals surface area contributed by atoms with Crippen molar-refractivity contribution in [1.82, 2.24) is 0 Å². The molecule has 0 amide bonds. The molecule has 0 bridgehead atoms. The van der Waals surface area contributed by atoms with Crippen LogP contribution in [0.5, 0.6) is 5.75 Å². The lowest BCUT2D eigenvalue weighted by atomic mass is 9.67. The molecule has 0 heterocycles. The van der Waals surface area contributed by atoms with Crippen molar-refractivity contribution in [3.05, 3.63) is 174 Å². The Kier molecular flexibility index (Phi) is 18.1. The Morgan fingerprint density at radius 3 is 1.86 bits per heavy atom. The van der Waals surface area contributed by atoms with Crippen molar-refractivity contribution >= 4 is 23.9 Å². The zero-order valence-corrected chi connectivity index (χ0v) is 39.9. The van der Waals surface area contributed by atoms with Crippen LogP contribution in [0.4, 0.5) is 0 Å². The molecular formula is C57H64O12. The van der Waals surface area contributed by atoms with Crippen LogP contribution in [-0.4, -0.2) is 79.0 Å². The van der Waals surface area contributed by atoms with Crippen molar-refractivity contribution < 1.29 is 57.8 Å². The van der Waals surface area contributed by atoms with Crippen molar-refractivity contribution in [3.63, 3.8) is 0 Å². The van der Waals surface area contributed by atoms with Crippen LogP contribution < -0.4 is 4.74 Å². The molecule has 2 aliphatic carbocycles. The van der Waals surface area contributed by atoms with Gasteiger partial charge in [0.25, 0.3) is 0 Å². The third-order valence-electron chi connectivity index (χ3n) is 12.8. The number of carboxylic acid groups (broad SMARTS) is 1. The maximum absolute atomic E-state index is 13.4. The Labute approximate surface area is 405 Å². The second-order valence-electron chi connectivity index (χ2n) is 17.9. The molecule has 6 rings (SSSR count). The molecule has 0 fully saturated rings. The fraction of sp³-hybridized carbons (Fsp3) is 0.368. The molecule has 0 spiro atoms. The number of carboxylic acids is 1. The largest absolute Gasteiger partial charge is 0.491 e. The number of benzene rings is 4. The van der Waals surface area contributed by atoms with Gasteiger partial charge in [0.15, 0.2) is 12.4 Å². The highest BCUT2D eigenvalue weighted by molar-refractivity contribution is 5.86. The lowest BCUT2D eigenvalue weighted by Crippen LogP contribution is -2.38. The number of hydrogen-bond donors (Lipinski definition) is 2. The van der Waals surface area contributed by atoms with Crippen LogP contribution >= 0.6 is 0 Å². The molecule has 4 aromatic carbocycles. The number of aliphatic carboxylic acids is 1. The van der Waals surface area contributed by atoms with Gasteiger partial charge in [0.2, 0.25) is 0 Å². The van der Waals surface area contributed by atoms with E-state index in [1.165, 1.54) is 0 Å². The van der Waals surface area contributed by atoms with Crippen LogP contribution in [0.25, 0.3) is 11.1 Å². The first-order valence-corrected chi connectivity index (χ1v) is 23.6. The third kappa shape index (κ3) is 12.5. The Morgan fingerprint density at radius 2 is 1.29 bits per heavy atom. The van der Waals surface area contributed by atoms with Crippen LogP contribution in [0.1, 0.15) is 87.6 Å². The molecular weight excluding hydrogens is 877 g/mol. The molecule has 12 heteroatoms. The van der Waals surface area contributed by atoms with E-state index in [1.807, 2.05) is 81.4 Å². The van der Waals surface area contributed by atoms with E-state index in [4.69, 9.17) is 28.4 Å². The average Bonchev–Trinajstić information content (AvgIpc) is 3.67. The average molecular weight is 941 g/mol. The second-order valence-corrected chi connectivity index (χ2v) is 17.9. The molecule has 0 aliphatic heterocycles. The summed E-state index contributed by atoms with van der Waals surface area (Å²) in [6.07, 6.45) is 9.80. The normalized spacial score (nSPS) is 17.6. The quantitative estimate of drug-likeness (QED) is 0.0188. The minimum absolute atomic E-state index is 0.00582. The molecule has 0 saturated heterocycles. The Bertz CT molecular complexity index is 2420. The number of aliphatic hydroxyl groups excluding tert-OH is 1. The smallest absolute Gasteiger partial charge is 0.330 e. The van der Waals surface area contributed by atoms with E-state index >= 15 is 0 Å². The molecule has 0 radical (unpaired) electrons. The summed E-state index contributed by atoms with van der Waals surface area (Å²) in [6.45, 7) is 14.1. The van der Waals surface area contributed by atoms with Crippen molar-refractivity contribution in [2.45, 2.75) is 89.3 Å². The van der Waals surface area contributed by atoms with Crippen molar-refractivity contribution in [1.29, 1.82) is 0 Å². The zero-order valence-electron chi connectivity index (χ0n) is 39.9. The fourth-order valence-corrected chi connectivity index (χ4v) is 8.95. The number of allylic oxidation sites excluding steroid dienone is 4. The van der Waals surface area contributed by atoms with Gasteiger partial charge < -0.3 is 38.6 Å². The number of aliphatic hydroxyl groups is 1. The van der Waals surface area contributed by atoms with Gasteiger partial charge in [-0.2, -0.15) is 0 Å². The lowest BCUT2D eigenvalue weighted by Gasteiger charge is -2.35. The van der Waals surface area contributed by atoms with E-state index in [-0.39, 0.29) is 45.2 Å². The fourth-order valence-electron chi connectivity index (χ4n) is 8.95. The maximum Gasteiger partial charge on any atom is 0.330 e. The summed E-state index contributed by atoms with van der Waals surface area (Å²) in [4.78, 5) is 49.4. The third-order valence-corrected chi connectivity index (χ3v) is 12.8. The van der Waals surface area contributed by atoms with E-state index < -0.39 is 65.2 Å². The number of rotatable bonds is 25. The zero-order chi connectivity index (χ0) is 49.6. The van der Waals surface area contributed by atoms with Crippen LogP contribution in [0.15, 0.2) is 147 Å². The number of carbonyl (C=O) groups excluding carboxylic acids is 3. The number of ether oxygens (including phenoxy) is 6. The minimum Gasteiger partial charge on any atom is -0.491 e. The first kappa shape index (κ1) is 51.8. The van der Waals surface area contributed by atoms with E-state index in [0.29, 0.717) is 5.75 Å². The van der Waals surface area contributed by atoms with Crippen LogP contribution in [-0.2, 0) is 53.9 Å². The molecule has 0 saturated carbocycles. The van der Waals surface area contributed by atoms with E-state index in [2.05, 4.69) is 68.6 Å². The van der Waals surface area contributed by atoms with E-state index in [0.717, 1.165) is 70.4 Å². The predicted molar refractivity (Wildman–Crippen MR) is 262 cm³/mol. The van der Waals surface area contributed by atoms with Crippen LogP contribution in [0.3, 0.4) is 0 Å². The number of fused-ring (bicyclic) bond motifs is 3. The number of hydrogen-bond acceptors (Lipinski definition) is 11. The summed E-state index contributed by atoms with van der Waals surface area (Å²) in [5.74, 6) is -4.52. The van der Waals surface area contributed by atoms with Gasteiger partial charge in [-0.1, -0.05) is 136 Å². The maximum atomic E-state index is 13.4. The monoisotopic (exact) mass is 940 g/mol. The molecule has 4 aromatic rings. The summed E-state index contributed by atoms with van der Waals surface area (Å²) in [7, 11) is 0. The Hall–Kier alpha value is -6.60. The molecule has 6 atom stereocenters. The first-order chi connectivity index (χ1) is 33.2. The summed E-state index contributed by atoms with van der Waals surface area (Å²) < 4.78 is 35.1. The highest BCUT2D eigenvalue weighted by Crippen LogP contribution is 2.56. The van der Waals surface area contributed by atoms with Gasteiger partial charge in [0.05, 0.1) is 29.5 Å². The SMILES string of the molecule is C=CC(=O)OCC(COC(C)(C)c1ccc(C2(c3ccc(OCC(COC(=O)C=C)OC(O)[C@@H](C)CC/C=C\CC)cc3)c3ccccc3-c3ccccc32)cc1)OC(=O)C1CC=CCC1C(=O)O. The minimum atomic E-state index is -1.10. The standard InChI is InChI=1S/C57H64O12/c1-7-10-11-12-19-38(4)54(62)68-43(35-65-51(58)8-2)34-64-42-32-30-41(31-33-42)57(49-24-17-15-20-45(49)46-21-16-18-25-50(46)57)40-28-26-39(27-29-40)56(5,6)67-37-44(36-66-52(59)9-3)69-55(63)48-23-14-13-22-47(48)53(60)61/h8-11,13-18,20-21,24-33,38,43-44,47-48,54,62H,2-3,7,12,19,22-23,34-37H2,1,4-6H3,(H,60,61)/b11-10-/t38-,43?,44?,47?,48?,54?/m0/s1. The topological polar surface area (TPSA) is 164 Å². The summed E-state index contributed by atoms with van der Waals surface area (Å²) >= 11 is 0. The Morgan fingerprint density at radius 1 is 0.739 bits per heavy atom. The first-order valence-electron chi connectivity index (χ1n) is 23.6. The van der Waals surface area contributed by atoms with Gasteiger partial charge in [-0.15, -0.1) is 0 Å². The number of esters is 3. The molecule has 2 N–H and O–H groups in total. The van der Waals surface area contributed by atoms with Crippen molar-refractivity contribution in [2.24, 2.45) is 17.8 Å². The molecule has 69 heavy (non-hydrogen) atoms. The molecule has 12 nitrogen and oxygen atoms in total. The van der Waals surface area contributed by atoms with Gasteiger partial charge in [-0.05, 0) is 97.0 Å². The highest BCUT2D eigenvalue weighted by Gasteiger charge is 2.46. The van der Waals surface area contributed by atoms with Gasteiger partial charge in [-0.3, -0.25) is 9.59 Å². The molecule has 5 unspecified atom stereocenters. The van der Waals surface area contributed by atoms with E-state index in [9.17, 15) is 29.4 Å². The molecule has 2 aliphatic rings. The van der Waals surface area contributed by atoms with Gasteiger partial charge in [0, 0.05) is 18.1 Å². The van der Waals surface area contributed by atoms with Gasteiger partial charge >= 0.3 is 23.9 Å². The van der Waals surface area contributed by atoms with E-state index in [1.54, 1.807) is 12.2 Å². The van der Waals surface area contributed by atoms with Crippen LogP contribution in [0.2, 0.25) is 0 Å². The highest BCUT2D eigenvalue weighted by atomic mass is 16.6. The predicted octanol–water partition coefficient (Wildman–Crippen LogP) is 9.80. The van der Waals surface area contributed by atoms with Crippen molar-refractivity contribution in [2.75, 3.05) is 26.4 Å². The number of carbonyl (C=O) groups is 4. The van der Waals surface area contributed by atoms with Gasteiger partial charge in [0.1, 0.15) is 31.7 Å². The molecule has 364 valence electrons. The molecule has 0 aromatic heterocycles. The lowest BCUT2D eigenvalue weighted by molar-refractivity contribution is -0.185. The summed E-state index contributed by atoms with van der Waals surface area (Å²) in [5, 5.41) is 20.7. The summed E-state index contributed by atoms with van der Waals surface area (Å²) in [5.41, 5.74) is 5.57. The second kappa shape index (κ2) is 24.1.